The van der Waals surface area contributed by atoms with Crippen molar-refractivity contribution in [1.29, 1.82) is 0 Å². The lowest BCUT2D eigenvalue weighted by atomic mass is 10.2. The van der Waals surface area contributed by atoms with Gasteiger partial charge in [0.1, 0.15) is 5.82 Å². The number of nitrogens with one attached hydrogen (secondary N) is 1. The molecule has 0 aliphatic rings. The summed E-state index contributed by atoms with van der Waals surface area (Å²) >= 11 is 0. The Morgan fingerprint density at radius 3 is 2.86 bits per heavy atom. The molecule has 0 amide bonds. The molecule has 108 valence electrons. The van der Waals surface area contributed by atoms with E-state index in [2.05, 4.69) is 19.8 Å². The average molecular weight is 307 g/mol. The maximum absolute atomic E-state index is 13.5. The summed E-state index contributed by atoms with van der Waals surface area (Å²) in [6, 6.07) is 5.47. The number of nitrogens with zero attached hydrogens (tertiary/aromatic N) is 4. The van der Waals surface area contributed by atoms with Crippen LogP contribution in [0.1, 0.15) is 5.56 Å². The van der Waals surface area contributed by atoms with Gasteiger partial charge in [-0.1, -0.05) is 6.07 Å². The zero-order valence-corrected chi connectivity index (χ0v) is 11.7. The fourth-order valence-corrected chi connectivity index (χ4v) is 3.03. The van der Waals surface area contributed by atoms with Crippen molar-refractivity contribution in [3.63, 3.8) is 0 Å². The Hall–Kier alpha value is -2.55. The van der Waals surface area contributed by atoms with Crippen LogP contribution in [0.15, 0.2) is 41.6 Å². The van der Waals surface area contributed by atoms with Gasteiger partial charge in [0.05, 0.1) is 4.90 Å². The molecule has 2 aromatic heterocycles. The summed E-state index contributed by atoms with van der Waals surface area (Å²) in [4.78, 5) is 7.70. The highest BCUT2D eigenvalue weighted by molar-refractivity contribution is 7.92. The number of halogens is 1. The lowest BCUT2D eigenvalue weighted by Gasteiger charge is -2.07. The Morgan fingerprint density at radius 1 is 1.29 bits per heavy atom. The van der Waals surface area contributed by atoms with Gasteiger partial charge in [0.2, 0.25) is 0 Å². The summed E-state index contributed by atoms with van der Waals surface area (Å²) < 4.78 is 41.6. The average Bonchev–Trinajstić information content (AvgIpc) is 2.82. The third-order valence-corrected chi connectivity index (χ3v) is 4.32. The number of anilines is 1. The molecule has 0 saturated carbocycles. The molecule has 0 unspecified atom stereocenters. The number of hydrogen-bond acceptors (Lipinski definition) is 5. The van der Waals surface area contributed by atoms with Crippen LogP contribution in [0.3, 0.4) is 0 Å². The molecule has 9 heteroatoms. The molecule has 0 bridgehead atoms. The molecule has 2 heterocycles. The number of sulfonamides is 1. The minimum Gasteiger partial charge on any atom is -0.246 e. The Morgan fingerprint density at radius 2 is 2.10 bits per heavy atom. The summed E-state index contributed by atoms with van der Waals surface area (Å²) in [6.07, 6.45) is 3.10. The van der Waals surface area contributed by atoms with Crippen LogP contribution in [0.2, 0.25) is 0 Å². The van der Waals surface area contributed by atoms with E-state index in [0.29, 0.717) is 0 Å². The highest BCUT2D eigenvalue weighted by Gasteiger charge is 2.20. The molecule has 0 atom stereocenters. The predicted molar refractivity (Wildman–Crippen MR) is 72.7 cm³/mol. The molecule has 1 aromatic carbocycles. The molecule has 3 rings (SSSR count). The second kappa shape index (κ2) is 4.77. The van der Waals surface area contributed by atoms with Crippen LogP contribution in [0.25, 0.3) is 5.78 Å². The number of hydrogen-bond donors (Lipinski definition) is 1. The van der Waals surface area contributed by atoms with Crippen LogP contribution in [-0.2, 0) is 10.0 Å². The van der Waals surface area contributed by atoms with Crippen LogP contribution in [0.5, 0.6) is 0 Å². The van der Waals surface area contributed by atoms with Crippen LogP contribution in [0.4, 0.5) is 10.3 Å². The zero-order chi connectivity index (χ0) is 15.0. The second-order valence-corrected chi connectivity index (χ2v) is 5.92. The Labute approximate surface area is 119 Å². The van der Waals surface area contributed by atoms with Crippen molar-refractivity contribution in [1.82, 2.24) is 19.6 Å². The van der Waals surface area contributed by atoms with Crippen LogP contribution >= 0.6 is 0 Å². The minimum atomic E-state index is -3.97. The summed E-state index contributed by atoms with van der Waals surface area (Å²) in [7, 11) is -3.97. The molecule has 0 aliphatic heterocycles. The highest BCUT2D eigenvalue weighted by Crippen LogP contribution is 2.19. The maximum Gasteiger partial charge on any atom is 0.264 e. The highest BCUT2D eigenvalue weighted by atomic mass is 32.2. The quantitative estimate of drug-likeness (QED) is 0.789. The van der Waals surface area contributed by atoms with Crippen LogP contribution < -0.4 is 4.72 Å². The van der Waals surface area contributed by atoms with Gasteiger partial charge in [0.25, 0.3) is 21.7 Å². The monoisotopic (exact) mass is 307 g/mol. The maximum atomic E-state index is 13.5. The van der Waals surface area contributed by atoms with E-state index in [4.69, 9.17) is 0 Å². The van der Waals surface area contributed by atoms with Crippen molar-refractivity contribution in [3.05, 3.63) is 48.0 Å². The Balaban J connectivity index is 2.01. The molecule has 21 heavy (non-hydrogen) atoms. The van der Waals surface area contributed by atoms with Crippen molar-refractivity contribution in [3.8, 4) is 0 Å². The van der Waals surface area contributed by atoms with Crippen molar-refractivity contribution in [2.24, 2.45) is 0 Å². The smallest absolute Gasteiger partial charge is 0.246 e. The SMILES string of the molecule is Cc1c(F)cccc1S(=O)(=O)Nc1nc2ncccn2n1. The van der Waals surface area contributed by atoms with E-state index in [1.165, 1.54) is 35.8 Å². The number of fused-ring (bicyclic) bond motifs is 1. The molecule has 0 aliphatic carbocycles. The first-order valence-corrected chi connectivity index (χ1v) is 7.41. The standard InChI is InChI=1S/C12H10FN5O2S/c1-8-9(13)4-2-5-10(8)21(19,20)17-11-15-12-14-6-3-7-18(12)16-11/h2-7H,1H3,(H,16,17). The number of rotatable bonds is 3. The van der Waals surface area contributed by atoms with Crippen LogP contribution in [0, 0.1) is 12.7 Å². The molecule has 1 N–H and O–H groups in total. The first-order valence-electron chi connectivity index (χ1n) is 5.93. The topological polar surface area (TPSA) is 89.2 Å². The molecule has 0 radical (unpaired) electrons. The van der Waals surface area contributed by atoms with E-state index in [9.17, 15) is 12.8 Å². The third-order valence-electron chi connectivity index (χ3n) is 2.85. The van der Waals surface area contributed by atoms with E-state index >= 15 is 0 Å². The van der Waals surface area contributed by atoms with Gasteiger partial charge >= 0.3 is 0 Å². The first kappa shape index (κ1) is 13.4. The van der Waals surface area contributed by atoms with Gasteiger partial charge in [-0.3, -0.25) is 0 Å². The largest absolute Gasteiger partial charge is 0.264 e. The molecule has 0 saturated heterocycles. The Bertz CT molecular complexity index is 889. The van der Waals surface area contributed by atoms with Gasteiger partial charge in [0, 0.05) is 18.0 Å². The molecule has 7 nitrogen and oxygen atoms in total. The summed E-state index contributed by atoms with van der Waals surface area (Å²) in [5.41, 5.74) is 0.0342. The number of aromatic nitrogens is 4. The molecular weight excluding hydrogens is 297 g/mol. The molecule has 0 fully saturated rings. The fraction of sp³-hybridized carbons (Fsp3) is 0.0833. The van der Waals surface area contributed by atoms with E-state index in [1.54, 1.807) is 12.3 Å². The van der Waals surface area contributed by atoms with E-state index in [0.717, 1.165) is 0 Å². The predicted octanol–water partition coefficient (Wildman–Crippen LogP) is 1.37. The first-order chi connectivity index (χ1) is 9.97. The normalized spacial score (nSPS) is 11.7. The van der Waals surface area contributed by atoms with Gasteiger partial charge in [-0.25, -0.2) is 27.0 Å². The van der Waals surface area contributed by atoms with Crippen molar-refractivity contribution < 1.29 is 12.8 Å². The summed E-state index contributed by atoms with van der Waals surface area (Å²) in [6.45, 7) is 1.39. The van der Waals surface area contributed by atoms with Crippen molar-refractivity contribution in [2.45, 2.75) is 11.8 Å². The lowest BCUT2D eigenvalue weighted by molar-refractivity contribution is 0.590. The van der Waals surface area contributed by atoms with Gasteiger partial charge in [0.15, 0.2) is 0 Å². The summed E-state index contributed by atoms with van der Waals surface area (Å²) in [5, 5.41) is 3.93. The lowest BCUT2D eigenvalue weighted by Crippen LogP contribution is -2.15. The van der Waals surface area contributed by atoms with Crippen LogP contribution in [-0.4, -0.2) is 28.0 Å². The van der Waals surface area contributed by atoms with Gasteiger partial charge in [-0.15, -0.1) is 5.10 Å². The van der Waals surface area contributed by atoms with Crippen molar-refractivity contribution >= 4 is 21.7 Å². The zero-order valence-electron chi connectivity index (χ0n) is 10.9. The molecule has 0 spiro atoms. The van der Waals surface area contributed by atoms with E-state index in [1.807, 2.05) is 0 Å². The summed E-state index contributed by atoms with van der Waals surface area (Å²) in [5.74, 6) is -0.467. The number of benzene rings is 1. The molecular formula is C12H10FN5O2S. The van der Waals surface area contributed by atoms with Gasteiger partial charge < -0.3 is 0 Å². The third kappa shape index (κ3) is 2.42. The minimum absolute atomic E-state index is 0.0342. The van der Waals surface area contributed by atoms with Crippen molar-refractivity contribution in [2.75, 3.05) is 4.72 Å². The van der Waals surface area contributed by atoms with E-state index < -0.39 is 15.8 Å². The Kier molecular flexibility index (Phi) is 3.05. The van der Waals surface area contributed by atoms with Gasteiger partial charge in [-0.2, -0.15) is 4.98 Å². The second-order valence-electron chi connectivity index (χ2n) is 4.27. The van der Waals surface area contributed by atoms with E-state index in [-0.39, 0.29) is 22.2 Å². The molecule has 3 aromatic rings. The van der Waals surface area contributed by atoms with Gasteiger partial charge in [-0.05, 0) is 25.1 Å². The fourth-order valence-electron chi connectivity index (χ4n) is 1.83.